The molecule has 0 aromatic heterocycles. The summed E-state index contributed by atoms with van der Waals surface area (Å²) in [4.78, 5) is 10.3. The third kappa shape index (κ3) is 3.70. The lowest BCUT2D eigenvalue weighted by molar-refractivity contribution is -0.384. The van der Waals surface area contributed by atoms with Gasteiger partial charge in [-0.2, -0.15) is 0 Å². The highest BCUT2D eigenvalue weighted by molar-refractivity contribution is 5.44. The Morgan fingerprint density at radius 2 is 2.05 bits per heavy atom. The number of nitrogens with two attached hydrogens (primary N) is 1. The van der Waals surface area contributed by atoms with Crippen LogP contribution in [0.3, 0.4) is 0 Å². The lowest BCUT2D eigenvalue weighted by Gasteiger charge is -2.11. The van der Waals surface area contributed by atoms with Crippen LogP contribution < -0.4 is 15.2 Å². The van der Waals surface area contributed by atoms with Gasteiger partial charge in [0.15, 0.2) is 0 Å². The third-order valence-corrected chi connectivity index (χ3v) is 3.00. The van der Waals surface area contributed by atoms with Crippen molar-refractivity contribution in [1.82, 2.24) is 0 Å². The Morgan fingerprint density at radius 3 is 2.71 bits per heavy atom. The van der Waals surface area contributed by atoms with Crippen LogP contribution >= 0.6 is 0 Å². The topological polar surface area (TPSA) is 87.6 Å². The zero-order chi connectivity index (χ0) is 15.2. The van der Waals surface area contributed by atoms with Crippen LogP contribution in [0.1, 0.15) is 11.1 Å². The van der Waals surface area contributed by atoms with Crippen molar-refractivity contribution < 1.29 is 14.4 Å². The second-order valence-corrected chi connectivity index (χ2v) is 4.39. The maximum Gasteiger partial charge on any atom is 0.270 e. The Bertz CT molecular complexity index is 643. The average Bonchev–Trinajstić information content (AvgIpc) is 2.52. The fourth-order valence-corrected chi connectivity index (χ4v) is 1.90. The van der Waals surface area contributed by atoms with Crippen molar-refractivity contribution >= 4 is 5.69 Å². The van der Waals surface area contributed by atoms with E-state index in [1.165, 1.54) is 12.1 Å². The molecule has 0 spiro atoms. The first kappa shape index (κ1) is 14.8. The molecule has 0 radical (unpaired) electrons. The Kier molecular flexibility index (Phi) is 4.73. The number of ether oxygens (including phenoxy) is 2. The van der Waals surface area contributed by atoms with E-state index in [-0.39, 0.29) is 12.2 Å². The minimum absolute atomic E-state index is 0.00387. The van der Waals surface area contributed by atoms with E-state index in [0.717, 1.165) is 11.3 Å². The zero-order valence-corrected chi connectivity index (χ0v) is 11.6. The van der Waals surface area contributed by atoms with Gasteiger partial charge in [-0.05, 0) is 23.8 Å². The number of non-ortho nitro benzene ring substituents is 1. The molecule has 2 aromatic rings. The Hall–Kier alpha value is -2.60. The summed E-state index contributed by atoms with van der Waals surface area (Å²) in [5, 5.41) is 10.7. The Morgan fingerprint density at radius 1 is 1.24 bits per heavy atom. The van der Waals surface area contributed by atoms with Gasteiger partial charge in [0.1, 0.15) is 18.1 Å². The lowest BCUT2D eigenvalue weighted by atomic mass is 10.1. The van der Waals surface area contributed by atoms with Crippen molar-refractivity contribution in [1.29, 1.82) is 0 Å². The zero-order valence-electron chi connectivity index (χ0n) is 11.6. The van der Waals surface area contributed by atoms with Gasteiger partial charge in [0.05, 0.1) is 12.0 Å². The van der Waals surface area contributed by atoms with Gasteiger partial charge in [0.2, 0.25) is 0 Å². The van der Waals surface area contributed by atoms with Crippen molar-refractivity contribution in [3.05, 3.63) is 63.7 Å². The van der Waals surface area contributed by atoms with Crippen LogP contribution in [0.15, 0.2) is 42.5 Å². The van der Waals surface area contributed by atoms with Crippen LogP contribution in [-0.4, -0.2) is 12.0 Å². The van der Waals surface area contributed by atoms with E-state index in [9.17, 15) is 10.1 Å². The van der Waals surface area contributed by atoms with Crippen molar-refractivity contribution in [2.75, 3.05) is 7.11 Å². The molecular weight excluding hydrogens is 272 g/mol. The standard InChI is InChI=1S/C15H16N2O4/c1-20-14-4-2-3-11(7-14)10-21-15-6-5-13(17(18)19)8-12(15)9-16/h2-8H,9-10,16H2,1H3. The minimum atomic E-state index is -0.453. The third-order valence-electron chi connectivity index (χ3n) is 3.00. The molecule has 0 fully saturated rings. The molecule has 2 aromatic carbocycles. The summed E-state index contributed by atoms with van der Waals surface area (Å²) < 4.78 is 10.8. The fourth-order valence-electron chi connectivity index (χ4n) is 1.90. The number of benzene rings is 2. The molecule has 6 nitrogen and oxygen atoms in total. The second-order valence-electron chi connectivity index (χ2n) is 4.39. The van der Waals surface area contributed by atoms with Crippen molar-refractivity contribution in [2.45, 2.75) is 13.2 Å². The normalized spacial score (nSPS) is 10.2. The molecule has 0 aliphatic carbocycles. The Labute approximate surface area is 122 Å². The van der Waals surface area contributed by atoms with Gasteiger partial charge >= 0.3 is 0 Å². The van der Waals surface area contributed by atoms with Gasteiger partial charge in [-0.15, -0.1) is 0 Å². The van der Waals surface area contributed by atoms with Crippen molar-refractivity contribution in [3.63, 3.8) is 0 Å². The van der Waals surface area contributed by atoms with Gasteiger partial charge in [0, 0.05) is 24.2 Å². The molecule has 110 valence electrons. The maximum absolute atomic E-state index is 10.7. The molecular formula is C15H16N2O4. The maximum atomic E-state index is 10.7. The molecule has 0 aliphatic rings. The number of hydrogen-bond donors (Lipinski definition) is 1. The SMILES string of the molecule is COc1cccc(COc2ccc([N+](=O)[O-])cc2CN)c1. The Balaban J connectivity index is 2.13. The summed E-state index contributed by atoms with van der Waals surface area (Å²) in [5.74, 6) is 1.30. The highest BCUT2D eigenvalue weighted by Gasteiger charge is 2.11. The molecule has 0 aliphatic heterocycles. The summed E-state index contributed by atoms with van der Waals surface area (Å²) in [5.41, 5.74) is 7.16. The molecule has 0 heterocycles. The van der Waals surface area contributed by atoms with Crippen molar-refractivity contribution in [3.8, 4) is 11.5 Å². The molecule has 0 amide bonds. The largest absolute Gasteiger partial charge is 0.497 e. The van der Waals surface area contributed by atoms with Gasteiger partial charge in [0.25, 0.3) is 5.69 Å². The van der Waals surface area contributed by atoms with Crippen LogP contribution in [0.4, 0.5) is 5.69 Å². The lowest BCUT2D eigenvalue weighted by Crippen LogP contribution is -2.04. The van der Waals surface area contributed by atoms with E-state index in [2.05, 4.69) is 0 Å². The van der Waals surface area contributed by atoms with E-state index in [1.807, 2.05) is 24.3 Å². The molecule has 6 heteroatoms. The van der Waals surface area contributed by atoms with E-state index in [0.29, 0.717) is 17.9 Å². The monoisotopic (exact) mass is 288 g/mol. The molecule has 0 atom stereocenters. The number of hydrogen-bond acceptors (Lipinski definition) is 5. The minimum Gasteiger partial charge on any atom is -0.497 e. The second kappa shape index (κ2) is 6.71. The van der Waals surface area contributed by atoms with E-state index in [1.54, 1.807) is 13.2 Å². The number of methoxy groups -OCH3 is 1. The highest BCUT2D eigenvalue weighted by atomic mass is 16.6. The molecule has 21 heavy (non-hydrogen) atoms. The summed E-state index contributed by atoms with van der Waals surface area (Å²) in [7, 11) is 1.60. The predicted molar refractivity (Wildman–Crippen MR) is 78.3 cm³/mol. The smallest absolute Gasteiger partial charge is 0.270 e. The molecule has 2 N–H and O–H groups in total. The number of nitrogens with zero attached hydrogens (tertiary/aromatic N) is 1. The fraction of sp³-hybridized carbons (Fsp3) is 0.200. The predicted octanol–water partition coefficient (Wildman–Crippen LogP) is 2.64. The van der Waals surface area contributed by atoms with Gasteiger partial charge < -0.3 is 15.2 Å². The van der Waals surface area contributed by atoms with E-state index in [4.69, 9.17) is 15.2 Å². The quantitative estimate of drug-likeness (QED) is 0.652. The van der Waals surface area contributed by atoms with Gasteiger partial charge in [-0.25, -0.2) is 0 Å². The van der Waals surface area contributed by atoms with E-state index < -0.39 is 4.92 Å². The van der Waals surface area contributed by atoms with Crippen LogP contribution in [0.2, 0.25) is 0 Å². The molecule has 2 rings (SSSR count). The van der Waals surface area contributed by atoms with E-state index >= 15 is 0 Å². The van der Waals surface area contributed by atoms with Crippen LogP contribution in [0.5, 0.6) is 11.5 Å². The van der Waals surface area contributed by atoms with Crippen LogP contribution in [0.25, 0.3) is 0 Å². The molecule has 0 saturated heterocycles. The van der Waals surface area contributed by atoms with Crippen LogP contribution in [-0.2, 0) is 13.2 Å². The number of nitro benzene ring substituents is 1. The van der Waals surface area contributed by atoms with Crippen LogP contribution in [0, 0.1) is 10.1 Å². The summed E-state index contributed by atoms with van der Waals surface area (Å²) in [6.07, 6.45) is 0. The first-order valence-electron chi connectivity index (χ1n) is 6.37. The number of rotatable bonds is 6. The number of nitro groups is 1. The molecule has 0 unspecified atom stereocenters. The summed E-state index contributed by atoms with van der Waals surface area (Å²) >= 11 is 0. The van der Waals surface area contributed by atoms with Crippen molar-refractivity contribution in [2.24, 2.45) is 5.73 Å². The summed E-state index contributed by atoms with van der Waals surface area (Å²) in [6, 6.07) is 11.9. The highest BCUT2D eigenvalue weighted by Crippen LogP contribution is 2.25. The summed E-state index contributed by atoms with van der Waals surface area (Å²) in [6.45, 7) is 0.511. The molecule has 0 bridgehead atoms. The first-order chi connectivity index (χ1) is 10.1. The molecule has 0 saturated carbocycles. The van der Waals surface area contributed by atoms with Gasteiger partial charge in [-0.1, -0.05) is 12.1 Å². The average molecular weight is 288 g/mol. The van der Waals surface area contributed by atoms with Gasteiger partial charge in [-0.3, -0.25) is 10.1 Å². The first-order valence-corrected chi connectivity index (χ1v) is 6.37.